The highest BCUT2D eigenvalue weighted by Gasteiger charge is 2.73. The van der Waals surface area contributed by atoms with E-state index in [2.05, 4.69) is 43.1 Å². The number of carbonyl (C=O) groups excluding carboxylic acids is 3. The predicted molar refractivity (Wildman–Crippen MR) is 150 cm³/mol. The van der Waals surface area contributed by atoms with Crippen molar-refractivity contribution < 1.29 is 19.5 Å². The van der Waals surface area contributed by atoms with Crippen molar-refractivity contribution in [1.29, 1.82) is 0 Å². The molecule has 0 radical (unpaired) electrons. The number of nitrogens with zero attached hydrogens (tertiary/aromatic N) is 3. The van der Waals surface area contributed by atoms with Crippen LogP contribution < -0.4 is 0 Å². The molecule has 1 aliphatic carbocycles. The lowest BCUT2D eigenvalue weighted by molar-refractivity contribution is -0.145. The van der Waals surface area contributed by atoms with E-state index in [1.54, 1.807) is 11.8 Å². The Morgan fingerprint density at radius 2 is 1.63 bits per heavy atom. The van der Waals surface area contributed by atoms with Crippen LogP contribution in [-0.2, 0) is 14.4 Å². The van der Waals surface area contributed by atoms with Gasteiger partial charge in [-0.2, -0.15) is 0 Å². The quantitative estimate of drug-likeness (QED) is 0.354. The number of unbranched alkanes of at least 4 members (excludes halogenated alkanes) is 3. The van der Waals surface area contributed by atoms with Gasteiger partial charge < -0.3 is 19.8 Å². The molecule has 0 aromatic carbocycles. The smallest absolute Gasteiger partial charge is 0.247 e. The standard InChI is InChI=1S/C30H45N3O4S/c1-3-17-31-18-11-15-29(2)23(26(31)35)24-27(36)33(19-9-4-5-10-21-34)25-28(37)32(22-13-7-6-8-14-22)20-12-16-30(24,25)38-29/h11-12,15-16,22-25,34H,3-10,13-14,17-21H2,1-2H3/t23-,24+,25?,29+,30+/m1/s1. The van der Waals surface area contributed by atoms with Crippen molar-refractivity contribution >= 4 is 29.5 Å². The van der Waals surface area contributed by atoms with Crippen LogP contribution in [0.1, 0.15) is 78.1 Å². The maximum absolute atomic E-state index is 14.5. The largest absolute Gasteiger partial charge is 0.396 e. The summed E-state index contributed by atoms with van der Waals surface area (Å²) in [5.41, 5.74) is 0. The van der Waals surface area contributed by atoms with E-state index in [4.69, 9.17) is 0 Å². The van der Waals surface area contributed by atoms with Crippen molar-refractivity contribution in [2.45, 2.75) is 99.6 Å². The number of thioether (sulfide) groups is 1. The molecule has 1 unspecified atom stereocenters. The van der Waals surface area contributed by atoms with Gasteiger partial charge >= 0.3 is 0 Å². The van der Waals surface area contributed by atoms with Gasteiger partial charge in [-0.05, 0) is 39.0 Å². The SMILES string of the molecule is CCCN1CC=C[C@]2(C)S[C@]34C=CCN(C5CCCCC5)C(=O)C3N(CCCCCCO)C(=O)[C@@H]4[C@@H]2C1=O. The van der Waals surface area contributed by atoms with Gasteiger partial charge in [0.2, 0.25) is 17.7 Å². The first-order chi connectivity index (χ1) is 18.4. The molecule has 5 rings (SSSR count). The summed E-state index contributed by atoms with van der Waals surface area (Å²) in [7, 11) is 0. The van der Waals surface area contributed by atoms with Gasteiger partial charge in [-0.25, -0.2) is 0 Å². The number of fused-ring (bicyclic) bond motifs is 2. The highest BCUT2D eigenvalue weighted by Crippen LogP contribution is 2.65. The molecule has 1 saturated carbocycles. The van der Waals surface area contributed by atoms with Crippen LogP contribution in [0.3, 0.4) is 0 Å². The summed E-state index contributed by atoms with van der Waals surface area (Å²) in [4.78, 5) is 48.8. The zero-order chi connectivity index (χ0) is 26.9. The fourth-order valence-corrected chi connectivity index (χ4v) is 9.93. The van der Waals surface area contributed by atoms with Crippen molar-refractivity contribution in [2.24, 2.45) is 11.8 Å². The minimum Gasteiger partial charge on any atom is -0.396 e. The van der Waals surface area contributed by atoms with E-state index in [9.17, 15) is 19.5 Å². The Labute approximate surface area is 232 Å². The number of hydrogen-bond donors (Lipinski definition) is 1. The second kappa shape index (κ2) is 11.4. The molecule has 3 amide bonds. The highest BCUT2D eigenvalue weighted by atomic mass is 32.2. The molecule has 2 saturated heterocycles. The van der Waals surface area contributed by atoms with Crippen LogP contribution in [0.4, 0.5) is 0 Å². The Hall–Kier alpha value is -1.80. The van der Waals surface area contributed by atoms with E-state index >= 15 is 0 Å². The lowest BCUT2D eigenvalue weighted by Crippen LogP contribution is -2.55. The summed E-state index contributed by atoms with van der Waals surface area (Å²) in [5, 5.41) is 9.18. The Morgan fingerprint density at radius 1 is 0.895 bits per heavy atom. The van der Waals surface area contributed by atoms with E-state index in [0.717, 1.165) is 57.8 Å². The monoisotopic (exact) mass is 543 g/mol. The number of likely N-dealkylation sites (tertiary alicyclic amines) is 1. The normalized spacial score (nSPS) is 35.4. The average Bonchev–Trinajstić information content (AvgIpc) is 3.17. The van der Waals surface area contributed by atoms with Crippen LogP contribution in [0, 0.1) is 11.8 Å². The number of aliphatic hydroxyl groups excluding tert-OH is 1. The molecule has 8 heteroatoms. The van der Waals surface area contributed by atoms with Gasteiger partial charge in [0.05, 0.1) is 16.6 Å². The van der Waals surface area contributed by atoms with Crippen LogP contribution in [-0.4, -0.2) is 91.9 Å². The molecule has 4 heterocycles. The van der Waals surface area contributed by atoms with Gasteiger partial charge in [-0.3, -0.25) is 14.4 Å². The molecule has 1 N–H and O–H groups in total. The molecule has 5 aliphatic rings. The Morgan fingerprint density at radius 3 is 2.37 bits per heavy atom. The predicted octanol–water partition coefficient (Wildman–Crippen LogP) is 3.77. The number of hydrogen-bond acceptors (Lipinski definition) is 5. The summed E-state index contributed by atoms with van der Waals surface area (Å²) in [5.74, 6) is -0.920. The molecule has 38 heavy (non-hydrogen) atoms. The summed E-state index contributed by atoms with van der Waals surface area (Å²) < 4.78 is -1.27. The van der Waals surface area contributed by atoms with Crippen LogP contribution in [0.15, 0.2) is 24.3 Å². The third-order valence-electron chi connectivity index (χ3n) is 9.49. The molecule has 210 valence electrons. The zero-order valence-corrected chi connectivity index (χ0v) is 24.0. The van der Waals surface area contributed by atoms with Crippen molar-refractivity contribution in [3.05, 3.63) is 24.3 Å². The van der Waals surface area contributed by atoms with E-state index in [-0.39, 0.29) is 30.4 Å². The molecule has 0 aromatic rings. The second-order valence-corrected chi connectivity index (χ2v) is 13.8. The topological polar surface area (TPSA) is 81.2 Å². The molecular formula is C30H45N3O4S. The Balaban J connectivity index is 1.53. The molecule has 0 aromatic heterocycles. The van der Waals surface area contributed by atoms with Gasteiger partial charge in [0, 0.05) is 43.6 Å². The van der Waals surface area contributed by atoms with E-state index in [1.165, 1.54) is 6.42 Å². The zero-order valence-electron chi connectivity index (χ0n) is 23.1. The van der Waals surface area contributed by atoms with Crippen LogP contribution >= 0.6 is 11.8 Å². The van der Waals surface area contributed by atoms with Crippen molar-refractivity contribution in [3.63, 3.8) is 0 Å². The molecule has 4 aliphatic heterocycles. The van der Waals surface area contributed by atoms with E-state index in [0.29, 0.717) is 26.2 Å². The summed E-state index contributed by atoms with van der Waals surface area (Å²) >= 11 is 1.69. The number of carbonyl (C=O) groups is 3. The lowest BCUT2D eigenvalue weighted by Gasteiger charge is -2.40. The summed E-state index contributed by atoms with van der Waals surface area (Å²) in [6, 6.07) is -0.348. The molecule has 5 atom stereocenters. The minimum atomic E-state index is -0.739. The third kappa shape index (κ3) is 4.63. The number of amides is 3. The second-order valence-electron chi connectivity index (χ2n) is 12.0. The average molecular weight is 544 g/mol. The van der Waals surface area contributed by atoms with Crippen molar-refractivity contribution in [1.82, 2.24) is 14.7 Å². The highest BCUT2D eigenvalue weighted by molar-refractivity contribution is 8.02. The first kappa shape index (κ1) is 27.8. The van der Waals surface area contributed by atoms with Gasteiger partial charge in [-0.1, -0.05) is 63.3 Å². The Kier molecular flexibility index (Phi) is 8.30. The maximum Gasteiger partial charge on any atom is 0.247 e. The molecular weight excluding hydrogens is 498 g/mol. The van der Waals surface area contributed by atoms with Crippen LogP contribution in [0.25, 0.3) is 0 Å². The van der Waals surface area contributed by atoms with Gasteiger partial charge in [-0.15, -0.1) is 11.8 Å². The molecule has 1 spiro atoms. The summed E-state index contributed by atoms with van der Waals surface area (Å²) in [6.45, 7) is 6.72. The van der Waals surface area contributed by atoms with E-state index in [1.807, 2.05) is 9.80 Å². The van der Waals surface area contributed by atoms with Crippen molar-refractivity contribution in [3.8, 4) is 0 Å². The molecule has 3 fully saturated rings. The third-order valence-corrected chi connectivity index (χ3v) is 11.3. The minimum absolute atomic E-state index is 0.0259. The Bertz CT molecular complexity index is 979. The van der Waals surface area contributed by atoms with E-state index < -0.39 is 27.4 Å². The fraction of sp³-hybridized carbons (Fsp3) is 0.767. The first-order valence-electron chi connectivity index (χ1n) is 14.9. The lowest BCUT2D eigenvalue weighted by atomic mass is 9.74. The van der Waals surface area contributed by atoms with Crippen molar-refractivity contribution in [2.75, 3.05) is 32.8 Å². The van der Waals surface area contributed by atoms with Crippen LogP contribution in [0.5, 0.6) is 0 Å². The van der Waals surface area contributed by atoms with Gasteiger partial charge in [0.25, 0.3) is 0 Å². The number of aliphatic hydroxyl groups is 1. The first-order valence-corrected chi connectivity index (χ1v) is 15.8. The molecule has 7 nitrogen and oxygen atoms in total. The molecule has 0 bridgehead atoms. The summed E-state index contributed by atoms with van der Waals surface area (Å²) in [6.07, 6.45) is 18.3. The maximum atomic E-state index is 14.5. The fourth-order valence-electron chi connectivity index (χ4n) is 7.77. The number of rotatable bonds is 9. The van der Waals surface area contributed by atoms with Gasteiger partial charge in [0.1, 0.15) is 6.04 Å². The van der Waals surface area contributed by atoms with Gasteiger partial charge in [0.15, 0.2) is 0 Å². The van der Waals surface area contributed by atoms with Crippen LogP contribution in [0.2, 0.25) is 0 Å².